The van der Waals surface area contributed by atoms with Gasteiger partial charge in [0.25, 0.3) is 0 Å². The number of allylic oxidation sites excluding steroid dienone is 1. The summed E-state index contributed by atoms with van der Waals surface area (Å²) in [7, 11) is 0. The number of rotatable bonds is 4. The van der Waals surface area contributed by atoms with Crippen molar-refractivity contribution in [2.45, 2.75) is 45.1 Å². The van der Waals surface area contributed by atoms with Gasteiger partial charge in [0.15, 0.2) is 0 Å². The zero-order valence-electron chi connectivity index (χ0n) is 11.3. The molecule has 1 aromatic rings. The van der Waals surface area contributed by atoms with Crippen molar-refractivity contribution in [2.75, 3.05) is 0 Å². The van der Waals surface area contributed by atoms with E-state index in [1.165, 1.54) is 11.6 Å². The maximum atomic E-state index is 10.6. The fraction of sp³-hybridized carbons (Fsp3) is 0.438. The van der Waals surface area contributed by atoms with Gasteiger partial charge in [0.05, 0.1) is 6.10 Å². The van der Waals surface area contributed by atoms with E-state index in [9.17, 15) is 4.79 Å². The molecule has 0 radical (unpaired) electrons. The maximum absolute atomic E-state index is 10.6. The lowest BCUT2D eigenvalue weighted by molar-refractivity contribution is -0.131. The Kier molecular flexibility index (Phi) is 4.61. The first-order valence-corrected chi connectivity index (χ1v) is 6.85. The molecule has 0 spiro atoms. The Labute approximate surface area is 113 Å². The van der Waals surface area contributed by atoms with Gasteiger partial charge < -0.3 is 9.84 Å². The SMILES string of the molecule is CCc1cccc(OC2CCC(=CC(=O)O)CC2)c1. The first-order chi connectivity index (χ1) is 9.17. The molecule has 0 unspecified atom stereocenters. The second kappa shape index (κ2) is 6.41. The van der Waals surface area contributed by atoms with E-state index in [1.807, 2.05) is 12.1 Å². The van der Waals surface area contributed by atoms with Gasteiger partial charge in [-0.15, -0.1) is 0 Å². The number of ether oxygens (including phenoxy) is 1. The molecule has 1 aliphatic carbocycles. The molecule has 3 nitrogen and oxygen atoms in total. The van der Waals surface area contributed by atoms with Gasteiger partial charge in [-0.05, 0) is 49.8 Å². The van der Waals surface area contributed by atoms with E-state index in [4.69, 9.17) is 9.84 Å². The first-order valence-electron chi connectivity index (χ1n) is 6.85. The molecular formula is C16H20O3. The highest BCUT2D eigenvalue weighted by atomic mass is 16.5. The minimum atomic E-state index is -0.843. The molecule has 0 amide bonds. The number of carbonyl (C=O) groups is 1. The van der Waals surface area contributed by atoms with E-state index in [1.54, 1.807) is 0 Å². The Hall–Kier alpha value is -1.77. The van der Waals surface area contributed by atoms with Crippen LogP contribution in [-0.4, -0.2) is 17.2 Å². The molecule has 1 fully saturated rings. The van der Waals surface area contributed by atoms with E-state index in [-0.39, 0.29) is 6.10 Å². The number of carboxylic acid groups (broad SMARTS) is 1. The first kappa shape index (κ1) is 13.7. The monoisotopic (exact) mass is 260 g/mol. The summed E-state index contributed by atoms with van der Waals surface area (Å²) in [4.78, 5) is 10.6. The summed E-state index contributed by atoms with van der Waals surface area (Å²) in [6, 6.07) is 8.19. The van der Waals surface area contributed by atoms with E-state index in [0.29, 0.717) is 0 Å². The van der Waals surface area contributed by atoms with Gasteiger partial charge in [0, 0.05) is 6.08 Å². The van der Waals surface area contributed by atoms with Crippen molar-refractivity contribution >= 4 is 5.97 Å². The van der Waals surface area contributed by atoms with Crippen molar-refractivity contribution in [3.8, 4) is 5.75 Å². The molecule has 102 valence electrons. The standard InChI is InChI=1S/C16H20O3/c1-2-12-4-3-5-15(10-12)19-14-8-6-13(7-9-14)11-16(17)18/h3-5,10-11,14H,2,6-9H2,1H3,(H,17,18). The van der Waals surface area contributed by atoms with Crippen molar-refractivity contribution < 1.29 is 14.6 Å². The molecule has 1 N–H and O–H groups in total. The Bertz CT molecular complexity index is 467. The number of hydrogen-bond acceptors (Lipinski definition) is 2. The summed E-state index contributed by atoms with van der Waals surface area (Å²) in [6.07, 6.45) is 6.00. The predicted molar refractivity (Wildman–Crippen MR) is 74.4 cm³/mol. The van der Waals surface area contributed by atoms with Gasteiger partial charge in [-0.1, -0.05) is 24.6 Å². The van der Waals surface area contributed by atoms with E-state index >= 15 is 0 Å². The van der Waals surface area contributed by atoms with Crippen molar-refractivity contribution in [2.24, 2.45) is 0 Å². The van der Waals surface area contributed by atoms with Crippen LogP contribution in [-0.2, 0) is 11.2 Å². The quantitative estimate of drug-likeness (QED) is 0.842. The van der Waals surface area contributed by atoms with Crippen molar-refractivity contribution in [1.29, 1.82) is 0 Å². The molecule has 0 saturated heterocycles. The lowest BCUT2D eigenvalue weighted by Gasteiger charge is -2.25. The Morgan fingerprint density at radius 2 is 2.16 bits per heavy atom. The van der Waals surface area contributed by atoms with Crippen LogP contribution in [0.3, 0.4) is 0 Å². The number of aryl methyl sites for hydroxylation is 1. The summed E-state index contributed by atoms with van der Waals surface area (Å²) in [5.74, 6) is 0.0834. The molecular weight excluding hydrogens is 240 g/mol. The molecule has 1 aliphatic rings. The van der Waals surface area contributed by atoms with Crippen LogP contribution in [0.15, 0.2) is 35.9 Å². The van der Waals surface area contributed by atoms with Crippen LogP contribution in [0.2, 0.25) is 0 Å². The lowest BCUT2D eigenvalue weighted by Crippen LogP contribution is -2.21. The minimum Gasteiger partial charge on any atom is -0.490 e. The molecule has 0 bridgehead atoms. The molecule has 1 saturated carbocycles. The fourth-order valence-electron chi connectivity index (χ4n) is 2.43. The number of hydrogen-bond donors (Lipinski definition) is 1. The van der Waals surface area contributed by atoms with Crippen LogP contribution < -0.4 is 4.74 Å². The van der Waals surface area contributed by atoms with Crippen molar-refractivity contribution in [3.05, 3.63) is 41.5 Å². The van der Waals surface area contributed by atoms with Gasteiger partial charge in [0.2, 0.25) is 0 Å². The summed E-state index contributed by atoms with van der Waals surface area (Å²) in [5.41, 5.74) is 2.30. The molecule has 19 heavy (non-hydrogen) atoms. The van der Waals surface area contributed by atoms with Crippen LogP contribution in [0.1, 0.15) is 38.2 Å². The molecule has 0 aromatic heterocycles. The average molecular weight is 260 g/mol. The largest absolute Gasteiger partial charge is 0.490 e. The Morgan fingerprint density at radius 1 is 1.42 bits per heavy atom. The molecule has 0 atom stereocenters. The molecule has 3 heteroatoms. The van der Waals surface area contributed by atoms with Gasteiger partial charge in [0.1, 0.15) is 5.75 Å². The zero-order chi connectivity index (χ0) is 13.7. The third-order valence-corrected chi connectivity index (χ3v) is 3.51. The van der Waals surface area contributed by atoms with Crippen molar-refractivity contribution in [3.63, 3.8) is 0 Å². The smallest absolute Gasteiger partial charge is 0.328 e. The number of aliphatic carboxylic acids is 1. The molecule has 0 aliphatic heterocycles. The second-order valence-corrected chi connectivity index (χ2v) is 4.96. The van der Waals surface area contributed by atoms with Crippen LogP contribution in [0.4, 0.5) is 0 Å². The molecule has 1 aromatic carbocycles. The maximum Gasteiger partial charge on any atom is 0.328 e. The van der Waals surface area contributed by atoms with Crippen LogP contribution in [0.5, 0.6) is 5.75 Å². The number of carboxylic acids is 1. The van der Waals surface area contributed by atoms with Gasteiger partial charge in [-0.25, -0.2) is 4.79 Å². The summed E-state index contributed by atoms with van der Waals surface area (Å²) in [6.45, 7) is 2.13. The highest BCUT2D eigenvalue weighted by Gasteiger charge is 2.18. The summed E-state index contributed by atoms with van der Waals surface area (Å²) < 4.78 is 5.98. The fourth-order valence-corrected chi connectivity index (χ4v) is 2.43. The lowest BCUT2D eigenvalue weighted by atomic mass is 9.92. The topological polar surface area (TPSA) is 46.5 Å². The van der Waals surface area contributed by atoms with E-state index < -0.39 is 5.97 Å². The van der Waals surface area contributed by atoms with Gasteiger partial charge in [-0.2, -0.15) is 0 Å². The third kappa shape index (κ3) is 4.12. The Balaban J connectivity index is 1.90. The average Bonchev–Trinajstić information content (AvgIpc) is 2.41. The Morgan fingerprint density at radius 3 is 2.79 bits per heavy atom. The second-order valence-electron chi connectivity index (χ2n) is 4.96. The summed E-state index contributed by atoms with van der Waals surface area (Å²) >= 11 is 0. The predicted octanol–water partition coefficient (Wildman–Crippen LogP) is 3.58. The highest BCUT2D eigenvalue weighted by Crippen LogP contribution is 2.27. The number of benzene rings is 1. The van der Waals surface area contributed by atoms with Crippen LogP contribution >= 0.6 is 0 Å². The van der Waals surface area contributed by atoms with E-state index in [0.717, 1.165) is 43.4 Å². The van der Waals surface area contributed by atoms with Crippen LogP contribution in [0.25, 0.3) is 0 Å². The van der Waals surface area contributed by atoms with Gasteiger partial charge >= 0.3 is 5.97 Å². The molecule has 2 rings (SSSR count). The summed E-state index contributed by atoms with van der Waals surface area (Å²) in [5, 5.41) is 8.72. The normalized spacial score (nSPS) is 19.0. The van der Waals surface area contributed by atoms with Gasteiger partial charge in [-0.3, -0.25) is 0 Å². The third-order valence-electron chi connectivity index (χ3n) is 3.51. The van der Waals surface area contributed by atoms with E-state index in [2.05, 4.69) is 19.1 Å². The zero-order valence-corrected chi connectivity index (χ0v) is 11.3. The van der Waals surface area contributed by atoms with Crippen molar-refractivity contribution in [1.82, 2.24) is 0 Å². The molecule has 0 heterocycles. The minimum absolute atomic E-state index is 0.207. The van der Waals surface area contributed by atoms with Crippen LogP contribution in [0, 0.1) is 0 Å². The highest BCUT2D eigenvalue weighted by molar-refractivity contribution is 5.80.